The first-order chi connectivity index (χ1) is 10.3. The quantitative estimate of drug-likeness (QED) is 0.918. The van der Waals surface area contributed by atoms with Crippen LogP contribution in [-0.4, -0.2) is 29.7 Å². The van der Waals surface area contributed by atoms with Crippen LogP contribution in [0.1, 0.15) is 13.3 Å². The molecule has 3 rings (SSSR count). The topological polar surface area (TPSA) is 50.3 Å². The van der Waals surface area contributed by atoms with Gasteiger partial charge in [0, 0.05) is 19.3 Å². The summed E-state index contributed by atoms with van der Waals surface area (Å²) in [6, 6.07) is 8.05. The van der Waals surface area contributed by atoms with E-state index < -0.39 is 0 Å². The van der Waals surface area contributed by atoms with Crippen molar-refractivity contribution in [3.05, 3.63) is 34.9 Å². The number of aromatic nitrogens is 2. The van der Waals surface area contributed by atoms with Gasteiger partial charge >= 0.3 is 0 Å². The van der Waals surface area contributed by atoms with Gasteiger partial charge in [-0.2, -0.15) is 4.98 Å². The highest BCUT2D eigenvalue weighted by Crippen LogP contribution is 2.37. The third-order valence-corrected chi connectivity index (χ3v) is 3.82. The highest BCUT2D eigenvalue weighted by atomic mass is 79.9. The molecule has 0 amide bonds. The van der Waals surface area contributed by atoms with Crippen LogP contribution in [0.2, 0.25) is 0 Å². The zero-order valence-electron chi connectivity index (χ0n) is 11.8. The smallest absolute Gasteiger partial charge is 0.224 e. The molecule has 0 spiro atoms. The molecule has 0 aliphatic carbocycles. The van der Waals surface area contributed by atoms with Crippen LogP contribution in [0.5, 0.6) is 5.75 Å². The molecular weight excluding hydrogens is 332 g/mol. The molecular formula is C15H17BrN4O. The van der Waals surface area contributed by atoms with Crippen LogP contribution in [0.25, 0.3) is 0 Å². The maximum absolute atomic E-state index is 5.80. The minimum Gasteiger partial charge on any atom is -0.491 e. The van der Waals surface area contributed by atoms with E-state index in [1.807, 2.05) is 25.1 Å². The van der Waals surface area contributed by atoms with Crippen molar-refractivity contribution in [2.75, 3.05) is 29.9 Å². The lowest BCUT2D eigenvalue weighted by Gasteiger charge is -2.24. The summed E-state index contributed by atoms with van der Waals surface area (Å²) in [5, 5.41) is 3.15. The number of halogens is 1. The molecule has 1 aromatic heterocycles. The van der Waals surface area contributed by atoms with Crippen molar-refractivity contribution in [2.45, 2.75) is 13.3 Å². The van der Waals surface area contributed by atoms with E-state index in [-0.39, 0.29) is 0 Å². The van der Waals surface area contributed by atoms with Crippen LogP contribution >= 0.6 is 15.9 Å². The van der Waals surface area contributed by atoms with Gasteiger partial charge < -0.3 is 15.0 Å². The van der Waals surface area contributed by atoms with Crippen molar-refractivity contribution in [3.8, 4) is 5.75 Å². The second kappa shape index (κ2) is 6.30. The van der Waals surface area contributed by atoms with Gasteiger partial charge in [-0.15, -0.1) is 0 Å². The van der Waals surface area contributed by atoms with Gasteiger partial charge in [0.2, 0.25) is 5.95 Å². The highest BCUT2D eigenvalue weighted by molar-refractivity contribution is 9.10. The number of benzene rings is 1. The van der Waals surface area contributed by atoms with Crippen LogP contribution < -0.4 is 15.0 Å². The molecule has 0 saturated heterocycles. The Labute approximate surface area is 132 Å². The van der Waals surface area contributed by atoms with Crippen molar-refractivity contribution in [1.29, 1.82) is 0 Å². The number of hydrogen-bond acceptors (Lipinski definition) is 5. The molecule has 0 unspecified atom stereocenters. The van der Waals surface area contributed by atoms with Crippen LogP contribution in [-0.2, 0) is 0 Å². The monoisotopic (exact) mass is 348 g/mol. The number of nitrogens with zero attached hydrogens (tertiary/aromatic N) is 3. The molecule has 0 saturated carbocycles. The molecule has 0 radical (unpaired) electrons. The standard InChI is InChI=1S/C15H17BrN4O/c1-2-17-15-18-10-11(16)14(19-15)20-8-5-9-21-13-7-4-3-6-12(13)20/h3-4,6-7,10H,2,5,8-9H2,1H3,(H,17,18,19). The highest BCUT2D eigenvalue weighted by Gasteiger charge is 2.21. The van der Waals surface area contributed by atoms with Crippen molar-refractivity contribution < 1.29 is 4.74 Å². The summed E-state index contributed by atoms with van der Waals surface area (Å²) in [6.07, 6.45) is 2.73. The molecule has 5 nitrogen and oxygen atoms in total. The van der Waals surface area contributed by atoms with E-state index >= 15 is 0 Å². The molecule has 0 atom stereocenters. The van der Waals surface area contributed by atoms with Crippen LogP contribution in [0.3, 0.4) is 0 Å². The van der Waals surface area contributed by atoms with E-state index in [1.165, 1.54) is 0 Å². The maximum atomic E-state index is 5.80. The SMILES string of the molecule is CCNc1ncc(Br)c(N2CCCOc3ccccc32)n1. The zero-order valence-corrected chi connectivity index (χ0v) is 13.4. The number of para-hydroxylation sites is 2. The molecule has 110 valence electrons. The van der Waals surface area contributed by atoms with E-state index in [9.17, 15) is 0 Å². The third-order valence-electron chi connectivity index (χ3n) is 3.26. The lowest BCUT2D eigenvalue weighted by Crippen LogP contribution is -2.20. The Hall–Kier alpha value is -1.82. The summed E-state index contributed by atoms with van der Waals surface area (Å²) in [7, 11) is 0. The predicted molar refractivity (Wildman–Crippen MR) is 87.5 cm³/mol. The summed E-state index contributed by atoms with van der Waals surface area (Å²) in [5.41, 5.74) is 1.04. The molecule has 0 fully saturated rings. The minimum absolute atomic E-state index is 0.637. The molecule has 1 aromatic carbocycles. The van der Waals surface area contributed by atoms with Crippen LogP contribution in [0.4, 0.5) is 17.5 Å². The molecule has 6 heteroatoms. The third kappa shape index (κ3) is 2.95. The van der Waals surface area contributed by atoms with Crippen molar-refractivity contribution in [1.82, 2.24) is 9.97 Å². The molecule has 1 aliphatic heterocycles. The fraction of sp³-hybridized carbons (Fsp3) is 0.333. The molecule has 0 bridgehead atoms. The van der Waals surface area contributed by atoms with Gasteiger partial charge in [0.05, 0.1) is 16.8 Å². The Bertz CT molecular complexity index is 635. The predicted octanol–water partition coefficient (Wildman–Crippen LogP) is 3.59. The number of hydrogen-bond donors (Lipinski definition) is 1. The molecule has 1 aliphatic rings. The van der Waals surface area contributed by atoms with Gasteiger partial charge in [-0.1, -0.05) is 12.1 Å². The second-order valence-corrected chi connectivity index (χ2v) is 5.57. The average Bonchev–Trinajstić information content (AvgIpc) is 2.72. The Morgan fingerprint density at radius 3 is 3.10 bits per heavy atom. The second-order valence-electron chi connectivity index (χ2n) is 4.72. The minimum atomic E-state index is 0.637. The summed E-state index contributed by atoms with van der Waals surface area (Å²) in [4.78, 5) is 11.1. The van der Waals surface area contributed by atoms with Crippen molar-refractivity contribution >= 4 is 33.4 Å². The first-order valence-electron chi connectivity index (χ1n) is 7.05. The number of ether oxygens (including phenoxy) is 1. The lowest BCUT2D eigenvalue weighted by molar-refractivity contribution is 0.322. The van der Waals surface area contributed by atoms with Gasteiger partial charge in [0.15, 0.2) is 5.82 Å². The summed E-state index contributed by atoms with van der Waals surface area (Å²) < 4.78 is 6.68. The zero-order chi connectivity index (χ0) is 14.7. The van der Waals surface area contributed by atoms with Gasteiger partial charge in [-0.05, 0) is 41.4 Å². The fourth-order valence-electron chi connectivity index (χ4n) is 2.34. The fourth-order valence-corrected chi connectivity index (χ4v) is 2.74. The lowest BCUT2D eigenvalue weighted by atomic mass is 10.2. The van der Waals surface area contributed by atoms with Gasteiger partial charge in [0.1, 0.15) is 5.75 Å². The Morgan fingerprint density at radius 1 is 1.38 bits per heavy atom. The number of fused-ring (bicyclic) bond motifs is 1. The summed E-state index contributed by atoms with van der Waals surface area (Å²) in [5.74, 6) is 2.39. The van der Waals surface area contributed by atoms with Crippen LogP contribution in [0, 0.1) is 0 Å². The normalized spacial score (nSPS) is 14.1. The first-order valence-corrected chi connectivity index (χ1v) is 7.84. The first kappa shape index (κ1) is 14.1. The van der Waals surface area contributed by atoms with E-state index in [1.54, 1.807) is 6.20 Å². The van der Waals surface area contributed by atoms with E-state index in [4.69, 9.17) is 4.74 Å². The van der Waals surface area contributed by atoms with E-state index in [0.717, 1.165) is 47.8 Å². The molecule has 21 heavy (non-hydrogen) atoms. The molecule has 2 heterocycles. The number of rotatable bonds is 3. The van der Waals surface area contributed by atoms with E-state index in [0.29, 0.717) is 5.95 Å². The largest absolute Gasteiger partial charge is 0.491 e. The number of anilines is 3. The van der Waals surface area contributed by atoms with Gasteiger partial charge in [-0.3, -0.25) is 0 Å². The Morgan fingerprint density at radius 2 is 2.24 bits per heavy atom. The van der Waals surface area contributed by atoms with Gasteiger partial charge in [-0.25, -0.2) is 4.98 Å². The Kier molecular flexibility index (Phi) is 4.24. The molecule has 2 aromatic rings. The summed E-state index contributed by atoms with van der Waals surface area (Å²) >= 11 is 3.56. The van der Waals surface area contributed by atoms with Gasteiger partial charge in [0.25, 0.3) is 0 Å². The Balaban J connectivity index is 2.05. The van der Waals surface area contributed by atoms with Crippen LogP contribution in [0.15, 0.2) is 34.9 Å². The maximum Gasteiger partial charge on any atom is 0.224 e. The van der Waals surface area contributed by atoms with Crippen molar-refractivity contribution in [3.63, 3.8) is 0 Å². The van der Waals surface area contributed by atoms with Crippen molar-refractivity contribution in [2.24, 2.45) is 0 Å². The number of nitrogens with one attached hydrogen (secondary N) is 1. The summed E-state index contributed by atoms with van der Waals surface area (Å²) in [6.45, 7) is 4.40. The average molecular weight is 349 g/mol. The molecule has 1 N–H and O–H groups in total. The van der Waals surface area contributed by atoms with E-state index in [2.05, 4.69) is 42.2 Å².